The van der Waals surface area contributed by atoms with Crippen LogP contribution in [0.15, 0.2) is 82.2 Å². The highest BCUT2D eigenvalue weighted by atomic mass is 32.2. The predicted octanol–water partition coefficient (Wildman–Crippen LogP) is 2.96. The first-order valence-corrected chi connectivity index (χ1v) is 10.8. The second-order valence-electron chi connectivity index (χ2n) is 6.91. The summed E-state index contributed by atoms with van der Waals surface area (Å²) in [7, 11) is -1.92. The molecule has 1 amide bonds. The monoisotopic (exact) mass is 420 g/mol. The summed E-state index contributed by atoms with van der Waals surface area (Å²) in [6.07, 6.45) is 2.41. The van der Waals surface area contributed by atoms with Crippen LogP contribution in [-0.4, -0.2) is 43.6 Å². The fourth-order valence-electron chi connectivity index (χ4n) is 3.18. The van der Waals surface area contributed by atoms with Crippen LogP contribution in [0.1, 0.15) is 21.6 Å². The van der Waals surface area contributed by atoms with Gasteiger partial charge in [0, 0.05) is 48.7 Å². The number of rotatable bonds is 5. The van der Waals surface area contributed by atoms with Crippen molar-refractivity contribution in [1.29, 1.82) is 0 Å². The number of likely N-dealkylation sites (N-methyl/N-ethyl adjacent to an activating group) is 1. The second kappa shape index (κ2) is 8.08. The number of amides is 1. The van der Waals surface area contributed by atoms with Gasteiger partial charge in [-0.1, -0.05) is 18.2 Å². The minimum Gasteiger partial charge on any atom is -0.341 e. The first-order valence-electron chi connectivity index (χ1n) is 9.41. The van der Waals surface area contributed by atoms with Crippen LogP contribution in [0.5, 0.6) is 0 Å². The van der Waals surface area contributed by atoms with E-state index >= 15 is 0 Å². The average Bonchev–Trinajstić information content (AvgIpc) is 3.03. The summed E-state index contributed by atoms with van der Waals surface area (Å²) in [4.78, 5) is 18.8. The lowest BCUT2D eigenvalue weighted by molar-refractivity contribution is 0.0796. The Morgan fingerprint density at radius 1 is 1.00 bits per heavy atom. The van der Waals surface area contributed by atoms with Crippen molar-refractivity contribution >= 4 is 27.5 Å². The molecule has 3 aromatic rings. The number of nitrogens with zero attached hydrogens (tertiary/aromatic N) is 3. The molecular formula is C22H20N4O3S. The maximum absolute atomic E-state index is 12.7. The summed E-state index contributed by atoms with van der Waals surface area (Å²) in [6, 6.07) is 19.3. The Morgan fingerprint density at radius 3 is 2.47 bits per heavy atom. The van der Waals surface area contributed by atoms with Crippen molar-refractivity contribution in [1.82, 2.24) is 9.88 Å². The van der Waals surface area contributed by atoms with E-state index in [4.69, 9.17) is 0 Å². The number of carbonyl (C=O) groups is 1. The maximum atomic E-state index is 12.7. The van der Waals surface area contributed by atoms with E-state index in [0.29, 0.717) is 29.8 Å². The number of pyridine rings is 1. The van der Waals surface area contributed by atoms with Crippen LogP contribution in [0.4, 0.5) is 5.69 Å². The average molecular weight is 420 g/mol. The molecular weight excluding hydrogens is 400 g/mol. The Kier molecular flexibility index (Phi) is 5.33. The molecule has 0 unspecified atom stereocenters. The minimum absolute atomic E-state index is 0.0939. The van der Waals surface area contributed by atoms with Crippen LogP contribution < -0.4 is 5.32 Å². The fourth-order valence-corrected chi connectivity index (χ4v) is 4.35. The van der Waals surface area contributed by atoms with Crippen molar-refractivity contribution < 1.29 is 13.2 Å². The molecule has 1 aliphatic rings. The molecule has 0 radical (unpaired) electrons. The van der Waals surface area contributed by atoms with Gasteiger partial charge in [0.2, 0.25) is 0 Å². The van der Waals surface area contributed by atoms with Gasteiger partial charge >= 0.3 is 0 Å². The minimum atomic E-state index is -3.68. The van der Waals surface area contributed by atoms with Gasteiger partial charge in [0.15, 0.2) is 5.84 Å². The standard InChI is InChI=1S/C22H20N4O3S/c1-26(15-13-17-6-4-5-14-23-17)22(27)16-9-11-18(12-10-16)24-21-19-7-2-3-8-20(19)30(28,29)25-21/h2-12,14H,13,15H2,1H3,(H,24,25). The van der Waals surface area contributed by atoms with E-state index in [2.05, 4.69) is 14.7 Å². The van der Waals surface area contributed by atoms with E-state index in [1.807, 2.05) is 18.2 Å². The number of benzene rings is 2. The zero-order valence-electron chi connectivity index (χ0n) is 16.3. The van der Waals surface area contributed by atoms with Crippen molar-refractivity contribution in [2.24, 2.45) is 4.40 Å². The Labute approximate surface area is 175 Å². The number of hydrogen-bond acceptors (Lipinski definition) is 5. The first-order chi connectivity index (χ1) is 14.4. The van der Waals surface area contributed by atoms with E-state index in [-0.39, 0.29) is 16.6 Å². The van der Waals surface area contributed by atoms with Crippen LogP contribution >= 0.6 is 0 Å². The Balaban J connectivity index is 1.42. The van der Waals surface area contributed by atoms with Crippen molar-refractivity contribution in [3.63, 3.8) is 0 Å². The van der Waals surface area contributed by atoms with Gasteiger partial charge in [-0.2, -0.15) is 8.42 Å². The van der Waals surface area contributed by atoms with Crippen LogP contribution in [0, 0.1) is 0 Å². The van der Waals surface area contributed by atoms with Crippen molar-refractivity contribution in [3.8, 4) is 0 Å². The number of sulfonamides is 1. The smallest absolute Gasteiger partial charge is 0.285 e. The van der Waals surface area contributed by atoms with Gasteiger partial charge in [-0.15, -0.1) is 4.40 Å². The highest BCUT2D eigenvalue weighted by molar-refractivity contribution is 7.90. The molecule has 0 atom stereocenters. The molecule has 1 N–H and O–H groups in total. The quantitative estimate of drug-likeness (QED) is 0.685. The number of carbonyl (C=O) groups excluding carboxylic acids is 1. The molecule has 30 heavy (non-hydrogen) atoms. The summed E-state index contributed by atoms with van der Waals surface area (Å²) < 4.78 is 28.1. The normalized spacial score (nSPS) is 14.0. The lowest BCUT2D eigenvalue weighted by Gasteiger charge is -2.17. The summed E-state index contributed by atoms with van der Waals surface area (Å²) >= 11 is 0. The predicted molar refractivity (Wildman–Crippen MR) is 115 cm³/mol. The van der Waals surface area contributed by atoms with Gasteiger partial charge in [-0.05, 0) is 48.5 Å². The van der Waals surface area contributed by atoms with Crippen LogP contribution in [0.25, 0.3) is 0 Å². The van der Waals surface area contributed by atoms with Gasteiger partial charge in [0.05, 0.1) is 0 Å². The fraction of sp³-hybridized carbons (Fsp3) is 0.136. The van der Waals surface area contributed by atoms with Gasteiger partial charge in [-0.25, -0.2) is 0 Å². The molecule has 0 fully saturated rings. The molecule has 1 aliphatic heterocycles. The first kappa shape index (κ1) is 19.8. The Morgan fingerprint density at radius 2 is 1.73 bits per heavy atom. The molecule has 152 valence electrons. The van der Waals surface area contributed by atoms with Crippen molar-refractivity contribution in [2.75, 3.05) is 18.9 Å². The zero-order chi connectivity index (χ0) is 21.1. The molecule has 1 aromatic heterocycles. The number of fused-ring (bicyclic) bond motifs is 1. The molecule has 2 heterocycles. The lowest BCUT2D eigenvalue weighted by atomic mass is 10.1. The van der Waals surface area contributed by atoms with Gasteiger partial charge in [0.25, 0.3) is 15.9 Å². The largest absolute Gasteiger partial charge is 0.341 e. The highest BCUT2D eigenvalue weighted by Gasteiger charge is 2.28. The molecule has 7 nitrogen and oxygen atoms in total. The third kappa shape index (κ3) is 4.08. The number of aromatic nitrogens is 1. The molecule has 2 aromatic carbocycles. The molecule has 0 aliphatic carbocycles. The number of nitrogens with one attached hydrogen (secondary N) is 1. The zero-order valence-corrected chi connectivity index (χ0v) is 17.1. The third-order valence-corrected chi connectivity index (χ3v) is 6.14. The van der Waals surface area contributed by atoms with Crippen molar-refractivity contribution in [2.45, 2.75) is 11.3 Å². The Bertz CT molecular complexity index is 1210. The van der Waals surface area contributed by atoms with E-state index in [0.717, 1.165) is 5.69 Å². The summed E-state index contributed by atoms with van der Waals surface area (Å²) in [5.41, 5.74) is 2.66. The van der Waals surface area contributed by atoms with Gasteiger partial charge in [-0.3, -0.25) is 9.78 Å². The maximum Gasteiger partial charge on any atom is 0.285 e. The third-order valence-electron chi connectivity index (χ3n) is 4.80. The lowest BCUT2D eigenvalue weighted by Crippen LogP contribution is -2.29. The summed E-state index contributed by atoms with van der Waals surface area (Å²) in [5, 5.41) is 3.03. The number of anilines is 1. The van der Waals surface area contributed by atoms with Crippen LogP contribution in [-0.2, 0) is 16.4 Å². The molecule has 8 heteroatoms. The van der Waals surface area contributed by atoms with E-state index in [9.17, 15) is 13.2 Å². The van der Waals surface area contributed by atoms with E-state index in [1.165, 1.54) is 6.07 Å². The number of hydrogen-bond donors (Lipinski definition) is 1. The van der Waals surface area contributed by atoms with Crippen molar-refractivity contribution in [3.05, 3.63) is 89.7 Å². The summed E-state index contributed by atoms with van der Waals surface area (Å²) in [5.74, 6) is 0.181. The topological polar surface area (TPSA) is 91.7 Å². The van der Waals surface area contributed by atoms with Gasteiger partial charge < -0.3 is 10.2 Å². The molecule has 0 saturated carbocycles. The SMILES string of the molecule is CN(CCc1ccccn1)C(=O)c1ccc(NC2=NS(=O)(=O)c3ccccc32)cc1. The van der Waals surface area contributed by atoms with E-state index < -0.39 is 10.0 Å². The molecule has 0 spiro atoms. The molecule has 0 saturated heterocycles. The van der Waals surface area contributed by atoms with Crippen LogP contribution in [0.2, 0.25) is 0 Å². The molecule has 4 rings (SSSR count). The second-order valence-corrected chi connectivity index (χ2v) is 8.48. The highest BCUT2D eigenvalue weighted by Crippen LogP contribution is 2.26. The van der Waals surface area contributed by atoms with Crippen LogP contribution in [0.3, 0.4) is 0 Å². The number of amidine groups is 1. The van der Waals surface area contributed by atoms with Gasteiger partial charge in [0.1, 0.15) is 4.90 Å². The Hall–Kier alpha value is -3.52. The summed E-state index contributed by atoms with van der Waals surface area (Å²) in [6.45, 7) is 0.557. The van der Waals surface area contributed by atoms with E-state index in [1.54, 1.807) is 60.6 Å². The molecule has 0 bridgehead atoms.